The van der Waals surface area contributed by atoms with Gasteiger partial charge in [0.2, 0.25) is 0 Å². The first-order chi connectivity index (χ1) is 3.39. The van der Waals surface area contributed by atoms with Crippen LogP contribution in [0.4, 0.5) is 0 Å². The van der Waals surface area contributed by atoms with E-state index in [1.807, 2.05) is 18.2 Å². The first-order valence-corrected chi connectivity index (χ1v) is 2.32. The van der Waals surface area contributed by atoms with Gasteiger partial charge in [-0.3, -0.25) is 0 Å². The molecule has 1 radical (unpaired) electrons. The fourth-order valence-electron chi connectivity index (χ4n) is 0.483. The van der Waals surface area contributed by atoms with Crippen molar-refractivity contribution < 1.29 is 0 Å². The maximum atomic E-state index is 2.96. The molecule has 0 bridgehead atoms. The normalized spacial score (nSPS) is 7.62. The standard InChI is InChI=1S/C7H7.Bi.3H/c1-7-5-3-2-4-6-7;;;;/h2-3,5-6H,1H3;;;;. The summed E-state index contributed by atoms with van der Waals surface area (Å²) >= 11 is 0. The molecule has 0 aliphatic carbocycles. The third kappa shape index (κ3) is 2.42. The van der Waals surface area contributed by atoms with E-state index in [0.717, 1.165) is 0 Å². The second-order valence-electron chi connectivity index (χ2n) is 1.58. The predicted octanol–water partition coefficient (Wildman–Crippen LogP) is 0.611. The maximum absolute atomic E-state index is 2.96. The van der Waals surface area contributed by atoms with E-state index in [1.165, 1.54) is 5.56 Å². The van der Waals surface area contributed by atoms with Crippen molar-refractivity contribution in [2.45, 2.75) is 6.92 Å². The van der Waals surface area contributed by atoms with Crippen LogP contribution in [0.25, 0.3) is 0 Å². The Hall–Kier alpha value is 0.103. The van der Waals surface area contributed by atoms with E-state index in [0.29, 0.717) is 0 Å². The van der Waals surface area contributed by atoms with Gasteiger partial charge in [-0.15, -0.1) is 0 Å². The average molecular weight is 303 g/mol. The van der Waals surface area contributed by atoms with Crippen molar-refractivity contribution >= 4 is 26.2 Å². The van der Waals surface area contributed by atoms with E-state index < -0.39 is 0 Å². The summed E-state index contributed by atoms with van der Waals surface area (Å²) in [7, 11) is 0. The van der Waals surface area contributed by atoms with Gasteiger partial charge in [-0.05, 0) is 13.0 Å². The van der Waals surface area contributed by atoms with Crippen molar-refractivity contribution in [1.82, 2.24) is 0 Å². The van der Waals surface area contributed by atoms with Gasteiger partial charge in [0.1, 0.15) is 0 Å². The van der Waals surface area contributed by atoms with E-state index >= 15 is 0 Å². The van der Waals surface area contributed by atoms with Crippen LogP contribution >= 0.6 is 0 Å². The molecule has 0 aliphatic heterocycles. The molecule has 0 atom stereocenters. The van der Waals surface area contributed by atoms with Gasteiger partial charge in [-0.1, -0.05) is 29.8 Å². The monoisotopic (exact) mass is 303 g/mol. The van der Waals surface area contributed by atoms with E-state index in [2.05, 4.69) is 19.1 Å². The molecule has 43 valence electrons. The zero-order valence-corrected chi connectivity index (χ0v) is 10.5. The molecule has 0 unspecified atom stereocenters. The molecular weight excluding hydrogens is 293 g/mol. The zero-order chi connectivity index (χ0) is 5.11. The molecule has 0 fully saturated rings. The van der Waals surface area contributed by atoms with Crippen LogP contribution in [0.3, 0.4) is 0 Å². The summed E-state index contributed by atoms with van der Waals surface area (Å²) in [6, 6.07) is 10.8. The van der Waals surface area contributed by atoms with Crippen molar-refractivity contribution in [3.8, 4) is 0 Å². The Kier molecular flexibility index (Phi) is 4.08. The van der Waals surface area contributed by atoms with Gasteiger partial charge >= 0.3 is 26.2 Å². The van der Waals surface area contributed by atoms with Crippen molar-refractivity contribution in [3.05, 3.63) is 35.9 Å². The molecule has 0 aromatic heterocycles. The van der Waals surface area contributed by atoms with E-state index in [4.69, 9.17) is 0 Å². The molecule has 0 nitrogen and oxygen atoms in total. The van der Waals surface area contributed by atoms with Crippen LogP contribution in [-0.2, 0) is 0 Å². The number of rotatable bonds is 0. The third-order valence-electron chi connectivity index (χ3n) is 0.863. The molecule has 1 aromatic carbocycles. The molecule has 0 N–H and O–H groups in total. The number of benzene rings is 1. The molecule has 0 spiro atoms. The molecule has 0 saturated carbocycles. The van der Waals surface area contributed by atoms with Crippen LogP contribution in [0.15, 0.2) is 24.3 Å². The van der Waals surface area contributed by atoms with Gasteiger partial charge in [0.05, 0.1) is 0 Å². The van der Waals surface area contributed by atoms with Crippen LogP contribution in [0.5, 0.6) is 0 Å². The summed E-state index contributed by atoms with van der Waals surface area (Å²) in [6.07, 6.45) is 0. The Labute approximate surface area is 69.0 Å². The molecule has 0 saturated heterocycles. The van der Waals surface area contributed by atoms with Crippen LogP contribution in [0.2, 0.25) is 0 Å². The summed E-state index contributed by atoms with van der Waals surface area (Å²) in [5.41, 5.74) is 1.27. The Bertz CT molecular complexity index is 134. The number of aryl methyl sites for hydroxylation is 1. The quantitative estimate of drug-likeness (QED) is 0.616. The van der Waals surface area contributed by atoms with Crippen molar-refractivity contribution in [3.63, 3.8) is 0 Å². The first kappa shape index (κ1) is 8.10. The van der Waals surface area contributed by atoms with Gasteiger partial charge in [-0.25, -0.2) is 0 Å². The second kappa shape index (κ2) is 4.03. The summed E-state index contributed by atoms with van der Waals surface area (Å²) in [5, 5.41) is 0. The minimum atomic E-state index is 0. The SMILES string of the molecule is Cc1c[c]ccc1.[BiH3]. The fourth-order valence-corrected chi connectivity index (χ4v) is 0.483. The summed E-state index contributed by atoms with van der Waals surface area (Å²) in [5.74, 6) is 0. The van der Waals surface area contributed by atoms with Crippen LogP contribution < -0.4 is 0 Å². The van der Waals surface area contributed by atoms with Gasteiger partial charge in [0.25, 0.3) is 0 Å². The number of hydrogen-bond donors (Lipinski definition) is 0. The molecule has 0 aliphatic rings. The molecule has 0 amide bonds. The first-order valence-electron chi connectivity index (χ1n) is 2.32. The van der Waals surface area contributed by atoms with Crippen LogP contribution in [-0.4, -0.2) is 26.2 Å². The molecular formula is C7H10Bi. The fraction of sp³-hybridized carbons (Fsp3) is 0.143. The molecule has 1 heteroatoms. The van der Waals surface area contributed by atoms with Gasteiger partial charge in [0.15, 0.2) is 0 Å². The summed E-state index contributed by atoms with van der Waals surface area (Å²) in [4.78, 5) is 0. The van der Waals surface area contributed by atoms with Crippen LogP contribution in [0.1, 0.15) is 5.56 Å². The van der Waals surface area contributed by atoms with Crippen molar-refractivity contribution in [2.75, 3.05) is 0 Å². The topological polar surface area (TPSA) is 0 Å². The van der Waals surface area contributed by atoms with E-state index in [1.54, 1.807) is 0 Å². The summed E-state index contributed by atoms with van der Waals surface area (Å²) < 4.78 is 0. The van der Waals surface area contributed by atoms with E-state index in [-0.39, 0.29) is 26.2 Å². The predicted molar refractivity (Wildman–Crippen MR) is 40.0 cm³/mol. The zero-order valence-electron chi connectivity index (χ0n) is 5.02. The Morgan fingerprint density at radius 1 is 1.50 bits per heavy atom. The molecule has 8 heavy (non-hydrogen) atoms. The Morgan fingerprint density at radius 2 is 2.25 bits per heavy atom. The van der Waals surface area contributed by atoms with E-state index in [9.17, 15) is 0 Å². The minimum absolute atomic E-state index is 0. The number of hydrogen-bond acceptors (Lipinski definition) is 0. The summed E-state index contributed by atoms with van der Waals surface area (Å²) in [6.45, 7) is 2.05. The Balaban J connectivity index is 0.000000490. The Morgan fingerprint density at radius 3 is 2.50 bits per heavy atom. The van der Waals surface area contributed by atoms with Gasteiger partial charge < -0.3 is 0 Å². The molecule has 0 heterocycles. The second-order valence-corrected chi connectivity index (χ2v) is 1.58. The van der Waals surface area contributed by atoms with Gasteiger partial charge in [0, 0.05) is 0 Å². The third-order valence-corrected chi connectivity index (χ3v) is 0.863. The van der Waals surface area contributed by atoms with Crippen molar-refractivity contribution in [1.29, 1.82) is 0 Å². The molecule has 1 aromatic rings. The van der Waals surface area contributed by atoms with Crippen LogP contribution in [0, 0.1) is 13.0 Å². The van der Waals surface area contributed by atoms with Gasteiger partial charge in [-0.2, -0.15) is 0 Å². The molecule has 1 rings (SSSR count). The average Bonchev–Trinajstić information content (AvgIpc) is 1.69. The van der Waals surface area contributed by atoms with Crippen molar-refractivity contribution in [2.24, 2.45) is 0 Å².